The molecule has 0 aromatic rings. The number of carbonyl (C=O) groups is 1. The Morgan fingerprint density at radius 2 is 2.18 bits per heavy atom. The smallest absolute Gasteiger partial charge is 0.136 e. The van der Waals surface area contributed by atoms with E-state index in [2.05, 4.69) is 6.92 Å². The predicted octanol–water partition coefficient (Wildman–Crippen LogP) is 1.13. The molecule has 2 aliphatic carbocycles. The van der Waals surface area contributed by atoms with Gasteiger partial charge in [-0.1, -0.05) is 6.92 Å². The minimum atomic E-state index is -0.359. The summed E-state index contributed by atoms with van der Waals surface area (Å²) in [6, 6.07) is 0. The molecule has 0 saturated heterocycles. The lowest BCUT2D eigenvalue weighted by Gasteiger charge is -2.26. The highest BCUT2D eigenvalue weighted by Gasteiger charge is 2.51. The lowest BCUT2D eigenvalue weighted by atomic mass is 9.81. The van der Waals surface area contributed by atoms with Gasteiger partial charge in [0.1, 0.15) is 5.78 Å². The molecule has 2 atom stereocenters. The number of rotatable bonds is 1. The Bertz CT molecular complexity index is 196. The summed E-state index contributed by atoms with van der Waals surface area (Å²) in [4.78, 5) is 11.0. The van der Waals surface area contributed by atoms with Crippen LogP contribution in [-0.2, 0) is 4.79 Å². The van der Waals surface area contributed by atoms with Crippen molar-refractivity contribution in [1.29, 1.82) is 0 Å². The zero-order chi connectivity index (χ0) is 8.06. The number of carbonyl (C=O) groups excluding carboxylic acids is 1. The minimum Gasteiger partial charge on any atom is -0.392 e. The van der Waals surface area contributed by atoms with Gasteiger partial charge in [-0.15, -0.1) is 0 Å². The first-order valence-corrected chi connectivity index (χ1v) is 4.33. The zero-order valence-electron chi connectivity index (χ0n) is 6.84. The second-order valence-electron chi connectivity index (χ2n) is 4.22. The Morgan fingerprint density at radius 1 is 1.55 bits per heavy atom. The molecule has 0 aromatic heterocycles. The van der Waals surface area contributed by atoms with E-state index in [0.717, 1.165) is 0 Å². The molecular weight excluding hydrogens is 140 g/mol. The van der Waals surface area contributed by atoms with Crippen LogP contribution in [0.2, 0.25) is 0 Å². The van der Waals surface area contributed by atoms with Crippen molar-refractivity contribution < 1.29 is 9.90 Å². The number of hydrogen-bond acceptors (Lipinski definition) is 2. The fourth-order valence-electron chi connectivity index (χ4n) is 2.22. The average molecular weight is 154 g/mol. The third-order valence-corrected chi connectivity index (χ3v) is 3.27. The Morgan fingerprint density at radius 3 is 2.55 bits per heavy atom. The number of hydrogen-bond donors (Lipinski definition) is 1. The van der Waals surface area contributed by atoms with Crippen molar-refractivity contribution in [2.24, 2.45) is 11.3 Å². The summed E-state index contributed by atoms with van der Waals surface area (Å²) in [6.45, 7) is 2.06. The highest BCUT2D eigenvalue weighted by Crippen LogP contribution is 2.53. The molecule has 2 nitrogen and oxygen atoms in total. The van der Waals surface area contributed by atoms with Crippen LogP contribution in [-0.4, -0.2) is 17.0 Å². The monoisotopic (exact) mass is 154 g/mol. The van der Waals surface area contributed by atoms with Crippen molar-refractivity contribution in [3.8, 4) is 0 Å². The van der Waals surface area contributed by atoms with Gasteiger partial charge in [-0.2, -0.15) is 0 Å². The molecule has 62 valence electrons. The molecule has 2 fully saturated rings. The summed E-state index contributed by atoms with van der Waals surface area (Å²) in [7, 11) is 0. The molecule has 2 rings (SSSR count). The highest BCUT2D eigenvalue weighted by atomic mass is 16.3. The molecule has 11 heavy (non-hydrogen) atoms. The van der Waals surface area contributed by atoms with E-state index in [0.29, 0.717) is 18.8 Å². The molecule has 2 aliphatic rings. The largest absolute Gasteiger partial charge is 0.392 e. The standard InChI is InChI=1S/C9H14O2/c1-9(6-2-3-6)5-7(10)4-8(9)11/h6,8,11H,2-5H2,1H3/t8-,9?/m1/s1. The van der Waals surface area contributed by atoms with Crippen molar-refractivity contribution in [1.82, 2.24) is 0 Å². The summed E-state index contributed by atoms with van der Waals surface area (Å²) >= 11 is 0. The van der Waals surface area contributed by atoms with Gasteiger partial charge in [0.05, 0.1) is 6.10 Å². The average Bonchev–Trinajstić information content (AvgIpc) is 2.63. The van der Waals surface area contributed by atoms with Gasteiger partial charge in [-0.05, 0) is 18.8 Å². The fraction of sp³-hybridized carbons (Fsp3) is 0.889. The van der Waals surface area contributed by atoms with Crippen molar-refractivity contribution >= 4 is 5.78 Å². The number of aliphatic hydroxyl groups is 1. The van der Waals surface area contributed by atoms with E-state index in [1.54, 1.807) is 0 Å². The Kier molecular flexibility index (Phi) is 1.37. The Hall–Kier alpha value is -0.370. The number of ketones is 1. The molecule has 1 N–H and O–H groups in total. The molecule has 0 aliphatic heterocycles. The molecular formula is C9H14O2. The predicted molar refractivity (Wildman–Crippen MR) is 41.1 cm³/mol. The Labute approximate surface area is 66.6 Å². The van der Waals surface area contributed by atoms with Crippen LogP contribution < -0.4 is 0 Å². The van der Waals surface area contributed by atoms with Gasteiger partial charge in [0, 0.05) is 18.3 Å². The van der Waals surface area contributed by atoms with Gasteiger partial charge < -0.3 is 5.11 Å². The first-order chi connectivity index (χ1) is 5.13. The summed E-state index contributed by atoms with van der Waals surface area (Å²) in [5.74, 6) is 0.871. The molecule has 0 radical (unpaired) electrons. The summed E-state index contributed by atoms with van der Waals surface area (Å²) < 4.78 is 0. The lowest BCUT2D eigenvalue weighted by molar-refractivity contribution is -0.118. The maximum Gasteiger partial charge on any atom is 0.136 e. The van der Waals surface area contributed by atoms with Crippen LogP contribution in [0, 0.1) is 11.3 Å². The first kappa shape index (κ1) is 7.29. The van der Waals surface area contributed by atoms with Gasteiger partial charge in [0.15, 0.2) is 0 Å². The van der Waals surface area contributed by atoms with Gasteiger partial charge in [-0.3, -0.25) is 4.79 Å². The molecule has 1 unspecified atom stereocenters. The maximum absolute atomic E-state index is 11.0. The maximum atomic E-state index is 11.0. The van der Waals surface area contributed by atoms with Crippen LogP contribution in [0.5, 0.6) is 0 Å². The van der Waals surface area contributed by atoms with Crippen LogP contribution in [0.1, 0.15) is 32.6 Å². The second kappa shape index (κ2) is 2.07. The normalized spacial score (nSPS) is 44.9. The van der Waals surface area contributed by atoms with Gasteiger partial charge in [-0.25, -0.2) is 0 Å². The van der Waals surface area contributed by atoms with E-state index in [-0.39, 0.29) is 17.3 Å². The van der Waals surface area contributed by atoms with E-state index < -0.39 is 0 Å². The first-order valence-electron chi connectivity index (χ1n) is 4.33. The quantitative estimate of drug-likeness (QED) is 0.614. The second-order valence-corrected chi connectivity index (χ2v) is 4.22. The van der Waals surface area contributed by atoms with E-state index in [4.69, 9.17) is 0 Å². The summed E-state index contributed by atoms with van der Waals surface area (Å²) in [5, 5.41) is 9.61. The van der Waals surface area contributed by atoms with Gasteiger partial charge in [0.25, 0.3) is 0 Å². The van der Waals surface area contributed by atoms with Gasteiger partial charge in [0.2, 0.25) is 0 Å². The summed E-state index contributed by atoms with van der Waals surface area (Å²) in [6.07, 6.45) is 3.07. The van der Waals surface area contributed by atoms with E-state index >= 15 is 0 Å². The van der Waals surface area contributed by atoms with Crippen LogP contribution in [0.3, 0.4) is 0 Å². The molecule has 0 bridgehead atoms. The van der Waals surface area contributed by atoms with Crippen LogP contribution in [0.25, 0.3) is 0 Å². The highest BCUT2D eigenvalue weighted by molar-refractivity contribution is 5.82. The van der Waals surface area contributed by atoms with Crippen molar-refractivity contribution in [2.45, 2.75) is 38.7 Å². The fourth-order valence-corrected chi connectivity index (χ4v) is 2.22. The minimum absolute atomic E-state index is 0.0584. The molecule has 0 amide bonds. The zero-order valence-corrected chi connectivity index (χ0v) is 6.84. The van der Waals surface area contributed by atoms with E-state index in [9.17, 15) is 9.90 Å². The van der Waals surface area contributed by atoms with Crippen LogP contribution >= 0.6 is 0 Å². The van der Waals surface area contributed by atoms with Crippen molar-refractivity contribution in [3.63, 3.8) is 0 Å². The SMILES string of the molecule is CC1(C2CC2)CC(=O)C[C@H]1O. The summed E-state index contributed by atoms with van der Waals surface area (Å²) in [5.41, 5.74) is -0.0584. The van der Waals surface area contributed by atoms with E-state index in [1.807, 2.05) is 0 Å². The molecule has 0 aromatic carbocycles. The molecule has 0 spiro atoms. The topological polar surface area (TPSA) is 37.3 Å². The van der Waals surface area contributed by atoms with Crippen molar-refractivity contribution in [3.05, 3.63) is 0 Å². The van der Waals surface area contributed by atoms with Gasteiger partial charge >= 0.3 is 0 Å². The van der Waals surface area contributed by atoms with Crippen LogP contribution in [0.4, 0.5) is 0 Å². The number of Topliss-reactive ketones (excluding diaryl/α,β-unsaturated/α-hetero) is 1. The third kappa shape index (κ3) is 1.00. The van der Waals surface area contributed by atoms with Crippen molar-refractivity contribution in [2.75, 3.05) is 0 Å². The molecule has 0 heterocycles. The number of aliphatic hydroxyl groups excluding tert-OH is 1. The third-order valence-electron chi connectivity index (χ3n) is 3.27. The lowest BCUT2D eigenvalue weighted by Crippen LogP contribution is -2.28. The van der Waals surface area contributed by atoms with Crippen LogP contribution in [0.15, 0.2) is 0 Å². The Balaban J connectivity index is 2.17. The molecule has 2 saturated carbocycles. The molecule has 2 heteroatoms. The van der Waals surface area contributed by atoms with E-state index in [1.165, 1.54) is 12.8 Å².